The lowest BCUT2D eigenvalue weighted by Crippen LogP contribution is -2.27. The molecular formula is C22H26N4O2S. The molecule has 0 saturated carbocycles. The average Bonchev–Trinajstić information content (AvgIpc) is 3.17. The van der Waals surface area contributed by atoms with E-state index in [1.54, 1.807) is 29.5 Å². The third kappa shape index (κ3) is 4.24. The van der Waals surface area contributed by atoms with Crippen LogP contribution in [-0.4, -0.2) is 20.4 Å². The van der Waals surface area contributed by atoms with Crippen LogP contribution in [0.5, 0.6) is 0 Å². The molecule has 0 aliphatic carbocycles. The van der Waals surface area contributed by atoms with E-state index in [1.165, 1.54) is 6.42 Å². The maximum atomic E-state index is 12.9. The van der Waals surface area contributed by atoms with Gasteiger partial charge >= 0.3 is 0 Å². The molecular weight excluding hydrogens is 384 g/mol. The van der Waals surface area contributed by atoms with E-state index in [1.807, 2.05) is 9.95 Å². The Bertz CT molecular complexity index is 1100. The second-order valence-electron chi connectivity index (χ2n) is 7.90. The molecule has 0 atom stereocenters. The van der Waals surface area contributed by atoms with Gasteiger partial charge < -0.3 is 5.32 Å². The van der Waals surface area contributed by atoms with Crippen LogP contribution < -0.4 is 10.9 Å². The number of nitrogens with one attached hydrogen (secondary N) is 1. The molecule has 0 fully saturated rings. The lowest BCUT2D eigenvalue weighted by molar-refractivity contribution is 0.0950. The first-order chi connectivity index (χ1) is 14.0. The summed E-state index contributed by atoms with van der Waals surface area (Å²) in [6.45, 7) is 5.33. The number of nitrogens with zero attached hydrogens (tertiary/aromatic N) is 3. The van der Waals surface area contributed by atoms with Gasteiger partial charge in [-0.1, -0.05) is 26.7 Å². The van der Waals surface area contributed by atoms with E-state index in [9.17, 15) is 9.59 Å². The number of carbonyl (C=O) groups excluding carboxylic acids is 1. The Balaban J connectivity index is 1.56. The van der Waals surface area contributed by atoms with E-state index in [-0.39, 0.29) is 11.5 Å². The predicted octanol–water partition coefficient (Wildman–Crippen LogP) is 4.02. The van der Waals surface area contributed by atoms with Crippen LogP contribution in [0, 0.1) is 0 Å². The van der Waals surface area contributed by atoms with Crippen molar-refractivity contribution >= 4 is 28.1 Å². The van der Waals surface area contributed by atoms with Crippen LogP contribution in [0.4, 0.5) is 0 Å². The monoisotopic (exact) mass is 410 g/mol. The number of aromatic nitrogens is 3. The van der Waals surface area contributed by atoms with E-state index in [0.29, 0.717) is 28.9 Å². The minimum absolute atomic E-state index is 0.00236. The van der Waals surface area contributed by atoms with Crippen LogP contribution in [0.15, 0.2) is 28.4 Å². The van der Waals surface area contributed by atoms with Crippen molar-refractivity contribution in [1.82, 2.24) is 19.9 Å². The molecule has 4 rings (SSSR count). The van der Waals surface area contributed by atoms with Crippen molar-refractivity contribution in [1.29, 1.82) is 0 Å². The highest BCUT2D eigenvalue weighted by Gasteiger charge is 2.15. The fourth-order valence-electron chi connectivity index (χ4n) is 3.68. The SMILES string of the molecule is CC(C)c1nc(CNC(=O)c2ccc3c(=O)n4c(nc3c2)CCCCCC4)cs1. The predicted molar refractivity (Wildman–Crippen MR) is 116 cm³/mol. The summed E-state index contributed by atoms with van der Waals surface area (Å²) in [5, 5.41) is 6.55. The number of thiazole rings is 1. The molecule has 152 valence electrons. The first-order valence-corrected chi connectivity index (χ1v) is 11.2. The van der Waals surface area contributed by atoms with Crippen molar-refractivity contribution in [2.24, 2.45) is 0 Å². The van der Waals surface area contributed by atoms with Gasteiger partial charge in [-0.15, -0.1) is 11.3 Å². The van der Waals surface area contributed by atoms with Gasteiger partial charge in [0.15, 0.2) is 0 Å². The van der Waals surface area contributed by atoms with E-state index < -0.39 is 0 Å². The van der Waals surface area contributed by atoms with Crippen molar-refractivity contribution in [2.45, 2.75) is 65.0 Å². The molecule has 0 spiro atoms. The average molecular weight is 411 g/mol. The van der Waals surface area contributed by atoms with Crippen LogP contribution in [0.2, 0.25) is 0 Å². The fraction of sp³-hybridized carbons (Fsp3) is 0.455. The molecule has 3 heterocycles. The quantitative estimate of drug-likeness (QED) is 0.705. The Kier molecular flexibility index (Phi) is 5.76. The maximum absolute atomic E-state index is 12.9. The summed E-state index contributed by atoms with van der Waals surface area (Å²) in [5.74, 6) is 1.04. The second-order valence-corrected chi connectivity index (χ2v) is 8.79. The highest BCUT2D eigenvalue weighted by molar-refractivity contribution is 7.09. The first kappa shape index (κ1) is 19.8. The third-order valence-corrected chi connectivity index (χ3v) is 6.52. The number of hydrogen-bond donors (Lipinski definition) is 1. The largest absolute Gasteiger partial charge is 0.346 e. The molecule has 0 bridgehead atoms. The summed E-state index contributed by atoms with van der Waals surface area (Å²) in [6, 6.07) is 5.16. The van der Waals surface area contributed by atoms with Crippen molar-refractivity contribution in [3.05, 3.63) is 56.0 Å². The number of hydrogen-bond acceptors (Lipinski definition) is 5. The highest BCUT2D eigenvalue weighted by atomic mass is 32.1. The normalized spacial score (nSPS) is 14.4. The molecule has 1 aliphatic heterocycles. The summed E-state index contributed by atoms with van der Waals surface area (Å²) in [7, 11) is 0. The molecule has 29 heavy (non-hydrogen) atoms. The topological polar surface area (TPSA) is 76.9 Å². The van der Waals surface area contributed by atoms with E-state index in [4.69, 9.17) is 4.98 Å². The van der Waals surface area contributed by atoms with Gasteiger partial charge in [0, 0.05) is 29.8 Å². The van der Waals surface area contributed by atoms with Gasteiger partial charge in [-0.2, -0.15) is 0 Å². The lowest BCUT2D eigenvalue weighted by atomic mass is 10.1. The number of fused-ring (bicyclic) bond motifs is 2. The van der Waals surface area contributed by atoms with Crippen LogP contribution in [0.1, 0.15) is 72.3 Å². The van der Waals surface area contributed by atoms with E-state index in [2.05, 4.69) is 24.1 Å². The van der Waals surface area contributed by atoms with Gasteiger partial charge in [-0.05, 0) is 31.0 Å². The van der Waals surface area contributed by atoms with Crippen molar-refractivity contribution in [2.75, 3.05) is 0 Å². The molecule has 0 saturated heterocycles. The maximum Gasteiger partial charge on any atom is 0.261 e. The fourth-order valence-corrected chi connectivity index (χ4v) is 4.51. The first-order valence-electron chi connectivity index (χ1n) is 10.3. The van der Waals surface area contributed by atoms with Crippen LogP contribution in [0.3, 0.4) is 0 Å². The number of rotatable bonds is 4. The van der Waals surface area contributed by atoms with Crippen LogP contribution in [-0.2, 0) is 19.5 Å². The van der Waals surface area contributed by atoms with E-state index in [0.717, 1.165) is 48.8 Å². The van der Waals surface area contributed by atoms with Gasteiger partial charge in [-0.25, -0.2) is 9.97 Å². The van der Waals surface area contributed by atoms with Gasteiger partial charge in [-0.3, -0.25) is 14.2 Å². The Morgan fingerprint density at radius 3 is 2.83 bits per heavy atom. The number of amides is 1. The lowest BCUT2D eigenvalue weighted by Gasteiger charge is -2.16. The zero-order valence-electron chi connectivity index (χ0n) is 16.9. The zero-order valence-corrected chi connectivity index (χ0v) is 17.7. The van der Waals surface area contributed by atoms with Gasteiger partial charge in [0.05, 0.1) is 28.1 Å². The molecule has 6 nitrogen and oxygen atoms in total. The Hall–Kier alpha value is -2.54. The van der Waals surface area contributed by atoms with Crippen molar-refractivity contribution in [3.63, 3.8) is 0 Å². The van der Waals surface area contributed by atoms with Crippen LogP contribution in [0.25, 0.3) is 10.9 Å². The molecule has 7 heteroatoms. The smallest absolute Gasteiger partial charge is 0.261 e. The van der Waals surface area contributed by atoms with Crippen LogP contribution >= 0.6 is 11.3 Å². The zero-order chi connectivity index (χ0) is 20.4. The van der Waals surface area contributed by atoms with E-state index >= 15 is 0 Å². The standard InChI is InChI=1S/C22H26N4O2S/c1-14(2)21-24-16(13-29-21)12-23-20(27)15-8-9-17-18(11-15)25-19-7-5-3-4-6-10-26(19)22(17)28/h8-9,11,13-14H,3-7,10,12H2,1-2H3,(H,23,27). The molecule has 1 amide bonds. The van der Waals surface area contributed by atoms with Gasteiger partial charge in [0.2, 0.25) is 0 Å². The Morgan fingerprint density at radius 1 is 1.21 bits per heavy atom. The highest BCUT2D eigenvalue weighted by Crippen LogP contribution is 2.19. The Morgan fingerprint density at radius 2 is 2.03 bits per heavy atom. The molecule has 3 aromatic rings. The summed E-state index contributed by atoms with van der Waals surface area (Å²) in [6.07, 6.45) is 5.19. The molecule has 1 aromatic carbocycles. The minimum Gasteiger partial charge on any atom is -0.346 e. The van der Waals surface area contributed by atoms with Gasteiger partial charge in [0.25, 0.3) is 11.5 Å². The molecule has 0 radical (unpaired) electrons. The summed E-state index contributed by atoms with van der Waals surface area (Å²) in [5.41, 5.74) is 1.98. The molecule has 1 N–H and O–H groups in total. The summed E-state index contributed by atoms with van der Waals surface area (Å²) < 4.78 is 1.82. The Labute approximate surface area is 174 Å². The summed E-state index contributed by atoms with van der Waals surface area (Å²) in [4.78, 5) is 34.8. The minimum atomic E-state index is -0.181. The van der Waals surface area contributed by atoms with Gasteiger partial charge in [0.1, 0.15) is 5.82 Å². The van der Waals surface area contributed by atoms with Crippen molar-refractivity contribution < 1.29 is 4.79 Å². The number of aryl methyl sites for hydroxylation is 1. The molecule has 2 aromatic heterocycles. The number of carbonyl (C=O) groups is 1. The molecule has 1 aliphatic rings. The van der Waals surface area contributed by atoms with Crippen molar-refractivity contribution in [3.8, 4) is 0 Å². The summed E-state index contributed by atoms with van der Waals surface area (Å²) >= 11 is 1.62. The third-order valence-electron chi connectivity index (χ3n) is 5.32. The second kappa shape index (κ2) is 8.45. The number of benzene rings is 1. The molecule has 0 unspecified atom stereocenters.